The highest BCUT2D eigenvalue weighted by Crippen LogP contribution is 2.25. The first-order valence-corrected chi connectivity index (χ1v) is 9.46. The number of hydrogen-bond donors (Lipinski definition) is 1. The molecule has 0 unspecified atom stereocenters. The van der Waals surface area contributed by atoms with Gasteiger partial charge in [-0.2, -0.15) is 0 Å². The van der Waals surface area contributed by atoms with Crippen LogP contribution in [-0.2, 0) is 0 Å². The minimum Gasteiger partial charge on any atom is -0.338 e. The fourth-order valence-electron chi connectivity index (χ4n) is 3.32. The molecule has 3 aromatic heterocycles. The van der Waals surface area contributed by atoms with E-state index in [0.717, 1.165) is 28.0 Å². The summed E-state index contributed by atoms with van der Waals surface area (Å²) < 4.78 is 1.62. The number of imidazole rings is 1. The van der Waals surface area contributed by atoms with Crippen LogP contribution >= 0.6 is 11.6 Å². The Morgan fingerprint density at radius 2 is 1.76 bits per heavy atom. The first-order valence-electron chi connectivity index (χ1n) is 9.08. The molecule has 140 valence electrons. The van der Waals surface area contributed by atoms with Gasteiger partial charge < -0.3 is 4.98 Å². The maximum absolute atomic E-state index is 13.4. The maximum Gasteiger partial charge on any atom is 0.266 e. The van der Waals surface area contributed by atoms with Gasteiger partial charge in [-0.15, -0.1) is 0 Å². The average Bonchev–Trinajstić information content (AvgIpc) is 3.18. The second-order valence-electron chi connectivity index (χ2n) is 6.62. The van der Waals surface area contributed by atoms with Gasteiger partial charge >= 0.3 is 0 Å². The van der Waals surface area contributed by atoms with E-state index in [1.807, 2.05) is 66.9 Å². The summed E-state index contributed by atoms with van der Waals surface area (Å²) in [5.41, 5.74) is 4.20. The van der Waals surface area contributed by atoms with E-state index in [2.05, 4.69) is 15.0 Å². The smallest absolute Gasteiger partial charge is 0.266 e. The Bertz CT molecular complexity index is 1370. The second-order valence-corrected chi connectivity index (χ2v) is 7.05. The fraction of sp³-hybridized carbons (Fsp3) is 0. The van der Waals surface area contributed by atoms with E-state index in [-0.39, 0.29) is 5.56 Å². The molecular weight excluding hydrogens is 384 g/mol. The monoisotopic (exact) mass is 398 g/mol. The molecule has 1 N–H and O–H groups in total. The average molecular weight is 399 g/mol. The number of aromatic nitrogens is 4. The summed E-state index contributed by atoms with van der Waals surface area (Å²) >= 11 is 6.09. The summed E-state index contributed by atoms with van der Waals surface area (Å²) in [6, 6.07) is 22.4. The van der Waals surface area contributed by atoms with Crippen LogP contribution in [0.3, 0.4) is 0 Å². The van der Waals surface area contributed by atoms with Crippen LogP contribution in [0.1, 0.15) is 0 Å². The topological polar surface area (TPSA) is 63.6 Å². The van der Waals surface area contributed by atoms with Gasteiger partial charge in [0.05, 0.1) is 22.3 Å². The molecule has 0 fully saturated rings. The molecule has 0 spiro atoms. The third-order valence-corrected chi connectivity index (χ3v) is 4.95. The maximum atomic E-state index is 13.4. The normalized spacial score (nSPS) is 11.1. The Hall–Kier alpha value is -3.70. The molecule has 0 saturated heterocycles. The molecule has 5 rings (SSSR count). The van der Waals surface area contributed by atoms with Crippen LogP contribution in [0.25, 0.3) is 39.4 Å². The molecule has 2 aromatic carbocycles. The van der Waals surface area contributed by atoms with Crippen molar-refractivity contribution in [1.29, 1.82) is 0 Å². The molecule has 3 heterocycles. The Balaban J connectivity index is 1.78. The highest BCUT2D eigenvalue weighted by molar-refractivity contribution is 6.31. The van der Waals surface area contributed by atoms with Gasteiger partial charge in [-0.1, -0.05) is 35.9 Å². The van der Waals surface area contributed by atoms with Crippen molar-refractivity contribution in [3.63, 3.8) is 0 Å². The van der Waals surface area contributed by atoms with Crippen LogP contribution in [0.4, 0.5) is 0 Å². The number of para-hydroxylation sites is 1. The predicted molar refractivity (Wildman–Crippen MR) is 115 cm³/mol. The third kappa shape index (κ3) is 3.22. The van der Waals surface area contributed by atoms with Gasteiger partial charge in [0.1, 0.15) is 5.82 Å². The number of nitrogens with one attached hydrogen (secondary N) is 1. The Morgan fingerprint density at radius 1 is 0.931 bits per heavy atom. The Labute approximate surface area is 171 Å². The number of H-pyrrole nitrogens is 1. The molecule has 0 aliphatic heterocycles. The molecule has 0 radical (unpaired) electrons. The Morgan fingerprint density at radius 3 is 2.55 bits per heavy atom. The van der Waals surface area contributed by atoms with Crippen LogP contribution in [0.15, 0.2) is 90.0 Å². The molecule has 5 nitrogen and oxygen atoms in total. The largest absolute Gasteiger partial charge is 0.338 e. The van der Waals surface area contributed by atoms with Gasteiger partial charge in [0, 0.05) is 28.7 Å². The lowest BCUT2D eigenvalue weighted by molar-refractivity contribution is 0.989. The van der Waals surface area contributed by atoms with Gasteiger partial charge in [-0.3, -0.25) is 14.3 Å². The van der Waals surface area contributed by atoms with Crippen LogP contribution in [0.2, 0.25) is 5.02 Å². The van der Waals surface area contributed by atoms with E-state index in [1.54, 1.807) is 22.9 Å². The molecule has 29 heavy (non-hydrogen) atoms. The minimum atomic E-state index is -0.166. The minimum absolute atomic E-state index is 0.166. The molecule has 6 heteroatoms. The first-order chi connectivity index (χ1) is 14.2. The number of benzene rings is 2. The molecular formula is C23H15ClN4O. The van der Waals surface area contributed by atoms with Crippen molar-refractivity contribution in [2.45, 2.75) is 0 Å². The molecule has 0 aliphatic carbocycles. The zero-order chi connectivity index (χ0) is 19.8. The predicted octanol–water partition coefficient (Wildman–Crippen LogP) is 5.10. The number of nitrogens with zero attached hydrogens (tertiary/aromatic N) is 3. The van der Waals surface area contributed by atoms with Gasteiger partial charge in [-0.05, 0) is 48.5 Å². The number of rotatable bonds is 3. The van der Waals surface area contributed by atoms with E-state index in [0.29, 0.717) is 16.4 Å². The van der Waals surface area contributed by atoms with Crippen LogP contribution in [0, 0.1) is 0 Å². The van der Waals surface area contributed by atoms with Gasteiger partial charge in [0.25, 0.3) is 5.56 Å². The van der Waals surface area contributed by atoms with Crippen molar-refractivity contribution >= 4 is 22.6 Å². The molecule has 0 bridgehead atoms. The van der Waals surface area contributed by atoms with Crippen molar-refractivity contribution in [2.75, 3.05) is 0 Å². The van der Waals surface area contributed by atoms with E-state index in [1.165, 1.54) is 0 Å². The molecule has 5 aromatic rings. The molecule has 0 atom stereocenters. The van der Waals surface area contributed by atoms with E-state index in [4.69, 9.17) is 11.6 Å². The lowest BCUT2D eigenvalue weighted by atomic mass is 10.1. The van der Waals surface area contributed by atoms with Crippen LogP contribution in [0.5, 0.6) is 0 Å². The van der Waals surface area contributed by atoms with E-state index >= 15 is 0 Å². The third-order valence-electron chi connectivity index (χ3n) is 4.71. The number of fused-ring (bicyclic) bond motifs is 1. The summed E-state index contributed by atoms with van der Waals surface area (Å²) in [7, 11) is 0. The molecule has 0 amide bonds. The number of aromatic amines is 1. The lowest BCUT2D eigenvalue weighted by Crippen LogP contribution is -2.20. The number of halogens is 1. The summed E-state index contributed by atoms with van der Waals surface area (Å²) in [5.74, 6) is 0.495. The zero-order valence-corrected chi connectivity index (χ0v) is 16.0. The van der Waals surface area contributed by atoms with Crippen molar-refractivity contribution < 1.29 is 0 Å². The number of hydrogen-bond acceptors (Lipinski definition) is 3. The molecule has 0 saturated carbocycles. The van der Waals surface area contributed by atoms with Crippen molar-refractivity contribution in [3.8, 4) is 28.3 Å². The van der Waals surface area contributed by atoms with Crippen LogP contribution < -0.4 is 5.56 Å². The second kappa shape index (κ2) is 7.04. The zero-order valence-electron chi connectivity index (χ0n) is 15.2. The van der Waals surface area contributed by atoms with Gasteiger partial charge in [-0.25, -0.2) is 4.98 Å². The van der Waals surface area contributed by atoms with E-state index in [9.17, 15) is 4.79 Å². The quantitative estimate of drug-likeness (QED) is 0.460. The van der Waals surface area contributed by atoms with Gasteiger partial charge in [0.15, 0.2) is 0 Å². The highest BCUT2D eigenvalue weighted by Gasteiger charge is 2.15. The summed E-state index contributed by atoms with van der Waals surface area (Å²) in [5, 5.41) is 0.608. The van der Waals surface area contributed by atoms with E-state index < -0.39 is 0 Å². The summed E-state index contributed by atoms with van der Waals surface area (Å²) in [6.45, 7) is 0. The molecule has 0 aliphatic rings. The number of pyridine rings is 2. The SMILES string of the molecule is O=c1c(-c2nc3ccc(Cl)cc3[nH]2)cc(-c2ccccn2)cn1-c1ccccc1. The van der Waals surface area contributed by atoms with Crippen molar-refractivity contribution in [2.24, 2.45) is 0 Å². The van der Waals surface area contributed by atoms with Crippen molar-refractivity contribution in [1.82, 2.24) is 19.5 Å². The first kappa shape index (κ1) is 17.4. The van der Waals surface area contributed by atoms with Crippen molar-refractivity contribution in [3.05, 3.63) is 101 Å². The Kier molecular flexibility index (Phi) is 4.22. The summed E-state index contributed by atoms with van der Waals surface area (Å²) in [6.07, 6.45) is 3.54. The fourth-order valence-corrected chi connectivity index (χ4v) is 3.49. The van der Waals surface area contributed by atoms with Crippen LogP contribution in [-0.4, -0.2) is 19.5 Å². The summed E-state index contributed by atoms with van der Waals surface area (Å²) in [4.78, 5) is 25.6. The van der Waals surface area contributed by atoms with Gasteiger partial charge in [0.2, 0.25) is 0 Å². The highest BCUT2D eigenvalue weighted by atomic mass is 35.5. The standard InChI is InChI=1S/C23H15ClN4O/c24-16-9-10-20-21(13-16)27-22(26-20)18-12-15(19-8-4-5-11-25-19)14-28(23(18)29)17-6-2-1-3-7-17/h1-14H,(H,26,27). The lowest BCUT2D eigenvalue weighted by Gasteiger charge is -2.11.